The summed E-state index contributed by atoms with van der Waals surface area (Å²) in [4.78, 5) is 20.3. The van der Waals surface area contributed by atoms with E-state index in [9.17, 15) is 20.2 Å². The van der Waals surface area contributed by atoms with E-state index in [0.717, 1.165) is 6.07 Å². The zero-order valence-electron chi connectivity index (χ0n) is 12.9. The number of hydrogen-bond donors (Lipinski definition) is 1. The third-order valence-corrected chi connectivity index (χ3v) is 2.89. The molecule has 0 heterocycles. The van der Waals surface area contributed by atoms with Crippen molar-refractivity contribution in [2.24, 2.45) is 11.0 Å². The summed E-state index contributed by atoms with van der Waals surface area (Å²) in [6.07, 6.45) is 1.41. The Morgan fingerprint density at radius 1 is 1.35 bits per heavy atom. The second-order valence-corrected chi connectivity index (χ2v) is 5.26. The molecule has 1 aromatic rings. The van der Waals surface area contributed by atoms with E-state index < -0.39 is 15.5 Å². The Bertz CT molecular complexity index is 664. The van der Waals surface area contributed by atoms with Crippen LogP contribution in [0.15, 0.2) is 23.3 Å². The molecule has 1 aromatic carbocycles. The maximum atomic E-state index is 11.0. The second-order valence-electron chi connectivity index (χ2n) is 5.26. The summed E-state index contributed by atoms with van der Waals surface area (Å²) in [7, 11) is 0. The highest BCUT2D eigenvalue weighted by molar-refractivity contribution is 5.85. The molecule has 23 heavy (non-hydrogen) atoms. The van der Waals surface area contributed by atoms with E-state index in [2.05, 4.69) is 10.5 Å². The molecular weight excluding hydrogens is 302 g/mol. The molecule has 0 unspecified atom stereocenters. The molecule has 0 saturated heterocycles. The fourth-order valence-electron chi connectivity index (χ4n) is 1.89. The minimum Gasteiger partial charge on any atom is -0.272 e. The van der Waals surface area contributed by atoms with Gasteiger partial charge in [-0.15, -0.1) is 0 Å². The first-order valence-corrected chi connectivity index (χ1v) is 6.96. The van der Waals surface area contributed by atoms with Gasteiger partial charge in [-0.2, -0.15) is 10.4 Å². The molecule has 0 radical (unpaired) electrons. The van der Waals surface area contributed by atoms with Crippen molar-refractivity contribution in [1.29, 1.82) is 5.26 Å². The van der Waals surface area contributed by atoms with Crippen LogP contribution in [0.4, 0.5) is 17.1 Å². The molecule has 0 saturated carbocycles. The molecule has 0 aliphatic carbocycles. The lowest BCUT2D eigenvalue weighted by molar-refractivity contribution is -0.393. The second kappa shape index (κ2) is 8.43. The third kappa shape index (κ3) is 5.70. The lowest BCUT2D eigenvalue weighted by Crippen LogP contribution is -2.07. The average molecular weight is 319 g/mol. The molecule has 1 rings (SSSR count). The van der Waals surface area contributed by atoms with Gasteiger partial charge in [0.05, 0.1) is 22.0 Å². The molecule has 0 aromatic heterocycles. The zero-order chi connectivity index (χ0) is 17.4. The summed E-state index contributed by atoms with van der Waals surface area (Å²) in [5.74, 6) is 0.320. The molecule has 0 amide bonds. The van der Waals surface area contributed by atoms with Gasteiger partial charge in [-0.3, -0.25) is 25.7 Å². The molecule has 0 atom stereocenters. The Hall–Kier alpha value is -3.02. The third-order valence-electron chi connectivity index (χ3n) is 2.89. The number of hydrazone groups is 1. The molecule has 1 N–H and O–H groups in total. The smallest absolute Gasteiger partial charge is 0.272 e. The largest absolute Gasteiger partial charge is 0.301 e. The lowest BCUT2D eigenvalue weighted by atomic mass is 10.0. The van der Waals surface area contributed by atoms with Gasteiger partial charge in [0.2, 0.25) is 0 Å². The number of benzene rings is 1. The number of non-ortho nitro benzene ring substituents is 1. The van der Waals surface area contributed by atoms with Gasteiger partial charge in [0.25, 0.3) is 5.69 Å². The van der Waals surface area contributed by atoms with Crippen LogP contribution in [0.5, 0.6) is 0 Å². The molecule has 0 bridgehead atoms. The van der Waals surface area contributed by atoms with Crippen LogP contribution >= 0.6 is 0 Å². The van der Waals surface area contributed by atoms with E-state index in [-0.39, 0.29) is 11.4 Å². The highest BCUT2D eigenvalue weighted by Crippen LogP contribution is 2.29. The standard InChI is InChI=1S/C14H17N5O4/c1-10(2)8-11(4-3-7-15)16-17-13-6-5-12(18(20)21)9-14(13)19(22)23/h5-6,9-10,17H,3-4,8H2,1-2H3/b16-11+. The van der Waals surface area contributed by atoms with Crippen LogP contribution in [-0.4, -0.2) is 15.6 Å². The lowest BCUT2D eigenvalue weighted by Gasteiger charge is -2.09. The van der Waals surface area contributed by atoms with Crippen LogP contribution in [-0.2, 0) is 0 Å². The molecule has 0 aliphatic rings. The number of nitrogens with one attached hydrogen (secondary N) is 1. The first-order valence-electron chi connectivity index (χ1n) is 6.96. The fraction of sp³-hybridized carbons (Fsp3) is 0.429. The molecule has 9 nitrogen and oxygen atoms in total. The van der Waals surface area contributed by atoms with Gasteiger partial charge < -0.3 is 0 Å². The molecular formula is C14H17N5O4. The first kappa shape index (κ1) is 18.0. The zero-order valence-corrected chi connectivity index (χ0v) is 12.9. The number of nitriles is 1. The summed E-state index contributed by atoms with van der Waals surface area (Å²) >= 11 is 0. The summed E-state index contributed by atoms with van der Waals surface area (Å²) in [6.45, 7) is 3.99. The predicted octanol–water partition coefficient (Wildman–Crippen LogP) is 3.62. The van der Waals surface area contributed by atoms with E-state index in [0.29, 0.717) is 30.9 Å². The molecule has 0 fully saturated rings. The fourth-order valence-corrected chi connectivity index (χ4v) is 1.89. The number of nitrogens with zero attached hydrogens (tertiary/aromatic N) is 4. The van der Waals surface area contributed by atoms with E-state index in [1.54, 1.807) is 0 Å². The summed E-state index contributed by atoms with van der Waals surface area (Å²) in [5.41, 5.74) is 2.59. The van der Waals surface area contributed by atoms with Gasteiger partial charge in [-0.05, 0) is 18.4 Å². The molecule has 0 spiro atoms. The van der Waals surface area contributed by atoms with Gasteiger partial charge in [-0.1, -0.05) is 13.8 Å². The van der Waals surface area contributed by atoms with Crippen LogP contribution < -0.4 is 5.43 Å². The Morgan fingerprint density at radius 2 is 2.04 bits per heavy atom. The SMILES string of the molecule is CC(C)C/C(CCC#N)=N/Nc1ccc([N+](=O)[O-])cc1[N+](=O)[O-]. The van der Waals surface area contributed by atoms with Crippen molar-refractivity contribution in [2.75, 3.05) is 5.43 Å². The van der Waals surface area contributed by atoms with Crippen LogP contribution in [0.25, 0.3) is 0 Å². The summed E-state index contributed by atoms with van der Waals surface area (Å²) in [6, 6.07) is 5.33. The van der Waals surface area contributed by atoms with Gasteiger partial charge in [0.15, 0.2) is 0 Å². The number of rotatable bonds is 8. The van der Waals surface area contributed by atoms with Gasteiger partial charge in [0, 0.05) is 24.6 Å². The van der Waals surface area contributed by atoms with E-state index >= 15 is 0 Å². The number of nitro groups is 2. The summed E-state index contributed by atoms with van der Waals surface area (Å²) < 4.78 is 0. The minimum absolute atomic E-state index is 0.0683. The Morgan fingerprint density at radius 3 is 2.57 bits per heavy atom. The van der Waals surface area contributed by atoms with Crippen molar-refractivity contribution in [2.45, 2.75) is 33.1 Å². The van der Waals surface area contributed by atoms with Crippen LogP contribution in [0, 0.1) is 37.5 Å². The highest BCUT2D eigenvalue weighted by atomic mass is 16.6. The first-order chi connectivity index (χ1) is 10.8. The Labute approximate surface area is 132 Å². The summed E-state index contributed by atoms with van der Waals surface area (Å²) in [5, 5.41) is 34.5. The maximum Gasteiger partial charge on any atom is 0.301 e. The van der Waals surface area contributed by atoms with E-state index in [1.807, 2.05) is 19.9 Å². The number of anilines is 1. The minimum atomic E-state index is -0.706. The van der Waals surface area contributed by atoms with Crippen LogP contribution in [0.1, 0.15) is 33.1 Å². The van der Waals surface area contributed by atoms with E-state index in [4.69, 9.17) is 5.26 Å². The van der Waals surface area contributed by atoms with E-state index in [1.165, 1.54) is 12.1 Å². The Kier molecular flexibility index (Phi) is 6.61. The van der Waals surface area contributed by atoms with Crippen molar-refractivity contribution in [3.8, 4) is 6.07 Å². The highest BCUT2D eigenvalue weighted by Gasteiger charge is 2.19. The van der Waals surface area contributed by atoms with Crippen molar-refractivity contribution in [3.05, 3.63) is 38.4 Å². The van der Waals surface area contributed by atoms with Crippen molar-refractivity contribution < 1.29 is 9.85 Å². The quantitative estimate of drug-likeness (QED) is 0.441. The van der Waals surface area contributed by atoms with Gasteiger partial charge >= 0.3 is 5.69 Å². The van der Waals surface area contributed by atoms with Crippen molar-refractivity contribution in [1.82, 2.24) is 0 Å². The molecule has 9 heteroatoms. The molecule has 122 valence electrons. The predicted molar refractivity (Wildman–Crippen MR) is 85.1 cm³/mol. The topological polar surface area (TPSA) is 134 Å². The van der Waals surface area contributed by atoms with Crippen LogP contribution in [0.3, 0.4) is 0 Å². The Balaban J connectivity index is 3.05. The normalized spacial score (nSPS) is 11.1. The number of nitro benzene ring substituents is 2. The van der Waals surface area contributed by atoms with Crippen molar-refractivity contribution in [3.63, 3.8) is 0 Å². The van der Waals surface area contributed by atoms with Crippen LogP contribution in [0.2, 0.25) is 0 Å². The monoisotopic (exact) mass is 319 g/mol. The number of hydrogen-bond acceptors (Lipinski definition) is 7. The molecule has 0 aliphatic heterocycles. The van der Waals surface area contributed by atoms with Gasteiger partial charge in [-0.25, -0.2) is 0 Å². The van der Waals surface area contributed by atoms with Gasteiger partial charge in [0.1, 0.15) is 5.69 Å². The van der Waals surface area contributed by atoms with Crippen molar-refractivity contribution >= 4 is 22.8 Å². The average Bonchev–Trinajstić information content (AvgIpc) is 2.49. The maximum absolute atomic E-state index is 11.0.